The normalized spacial score (nSPS) is 21.6. The highest BCUT2D eigenvalue weighted by atomic mass is 32.2. The Balaban J connectivity index is 1.90. The highest BCUT2D eigenvalue weighted by Crippen LogP contribution is 2.29. The lowest BCUT2D eigenvalue weighted by atomic mass is 10.2. The van der Waals surface area contributed by atoms with Crippen molar-refractivity contribution in [3.05, 3.63) is 43.0 Å². The number of ether oxygens (including phenoxy) is 1. The molecule has 2 heteroatoms. The van der Waals surface area contributed by atoms with Crippen molar-refractivity contribution in [2.75, 3.05) is 6.61 Å². The van der Waals surface area contributed by atoms with Crippen molar-refractivity contribution >= 4 is 11.8 Å². The smallest absolute Gasteiger partial charge is 0.0823 e. The number of hydrogen-bond donors (Lipinski definition) is 0. The number of thioether (sulfide) groups is 1. The van der Waals surface area contributed by atoms with E-state index in [1.165, 1.54) is 4.90 Å². The van der Waals surface area contributed by atoms with E-state index in [2.05, 4.69) is 30.8 Å². The van der Waals surface area contributed by atoms with Crippen LogP contribution in [0.5, 0.6) is 0 Å². The minimum absolute atomic E-state index is 0.477. The Bertz CT molecular complexity index is 292. The van der Waals surface area contributed by atoms with Gasteiger partial charge in [0.1, 0.15) is 0 Å². The van der Waals surface area contributed by atoms with E-state index in [0.29, 0.717) is 11.4 Å². The summed E-state index contributed by atoms with van der Waals surface area (Å²) in [6.07, 6.45) is 3.58. The first-order valence-electron chi connectivity index (χ1n) is 4.84. The van der Waals surface area contributed by atoms with Gasteiger partial charge in [-0.3, -0.25) is 0 Å². The van der Waals surface area contributed by atoms with Crippen LogP contribution in [-0.2, 0) is 4.74 Å². The van der Waals surface area contributed by atoms with Crippen LogP contribution in [0.3, 0.4) is 0 Å². The molecule has 1 fully saturated rings. The third-order valence-electron chi connectivity index (χ3n) is 2.19. The summed E-state index contributed by atoms with van der Waals surface area (Å²) in [6, 6.07) is 10.4. The Hall–Kier alpha value is -0.730. The van der Waals surface area contributed by atoms with Crippen LogP contribution in [0.4, 0.5) is 0 Å². The molecule has 1 aromatic carbocycles. The molecule has 1 aliphatic heterocycles. The van der Waals surface area contributed by atoms with Crippen molar-refractivity contribution in [2.24, 2.45) is 0 Å². The molecular formula is C12H14OS. The maximum absolute atomic E-state index is 5.22. The molecule has 0 radical (unpaired) electrons. The molecule has 1 aromatic rings. The zero-order valence-electron chi connectivity index (χ0n) is 8.06. The zero-order chi connectivity index (χ0) is 9.80. The van der Waals surface area contributed by atoms with Crippen LogP contribution in [-0.4, -0.2) is 18.0 Å². The molecule has 1 saturated heterocycles. The van der Waals surface area contributed by atoms with Gasteiger partial charge in [-0.05, 0) is 18.6 Å². The highest BCUT2D eigenvalue weighted by molar-refractivity contribution is 8.00. The van der Waals surface area contributed by atoms with Crippen LogP contribution in [0.25, 0.3) is 0 Å². The second kappa shape index (κ2) is 4.67. The van der Waals surface area contributed by atoms with Crippen LogP contribution in [0.2, 0.25) is 0 Å². The van der Waals surface area contributed by atoms with Gasteiger partial charge in [0.2, 0.25) is 0 Å². The van der Waals surface area contributed by atoms with Crippen molar-refractivity contribution in [2.45, 2.75) is 22.7 Å². The summed E-state index contributed by atoms with van der Waals surface area (Å²) in [4.78, 5) is 1.30. The molecule has 1 aliphatic rings. The van der Waals surface area contributed by atoms with Gasteiger partial charge < -0.3 is 4.74 Å². The third-order valence-corrected chi connectivity index (χ3v) is 3.42. The fraction of sp³-hybridized carbons (Fsp3) is 0.333. The number of hydrogen-bond acceptors (Lipinski definition) is 2. The maximum atomic E-state index is 5.22. The summed E-state index contributed by atoms with van der Waals surface area (Å²) in [5.74, 6) is 0. The monoisotopic (exact) mass is 206 g/mol. The minimum atomic E-state index is 0.477. The Kier molecular flexibility index (Phi) is 3.27. The summed E-state index contributed by atoms with van der Waals surface area (Å²) >= 11 is 1.86. The van der Waals surface area contributed by atoms with Crippen molar-refractivity contribution in [1.82, 2.24) is 0 Å². The van der Waals surface area contributed by atoms with Gasteiger partial charge in [0.15, 0.2) is 0 Å². The number of benzene rings is 1. The van der Waals surface area contributed by atoms with Gasteiger partial charge in [-0.15, -0.1) is 18.3 Å². The van der Waals surface area contributed by atoms with E-state index < -0.39 is 0 Å². The molecule has 0 bridgehead atoms. The molecule has 2 unspecified atom stereocenters. The van der Waals surface area contributed by atoms with E-state index in [-0.39, 0.29) is 0 Å². The Morgan fingerprint density at radius 1 is 1.50 bits per heavy atom. The first-order valence-corrected chi connectivity index (χ1v) is 5.72. The van der Waals surface area contributed by atoms with E-state index >= 15 is 0 Å². The minimum Gasteiger partial charge on any atom is -0.373 e. The van der Waals surface area contributed by atoms with E-state index in [9.17, 15) is 0 Å². The second-order valence-electron chi connectivity index (χ2n) is 3.40. The molecule has 0 amide bonds. The lowest BCUT2D eigenvalue weighted by Crippen LogP contribution is -2.02. The van der Waals surface area contributed by atoms with E-state index in [1.54, 1.807) is 0 Å². The first-order chi connectivity index (χ1) is 6.88. The first kappa shape index (κ1) is 9.81. The predicted molar refractivity (Wildman–Crippen MR) is 60.6 cm³/mol. The molecule has 0 aliphatic carbocycles. The number of epoxide rings is 1. The second-order valence-corrected chi connectivity index (χ2v) is 4.71. The molecule has 1 heterocycles. The van der Waals surface area contributed by atoms with E-state index in [1.807, 2.05) is 23.9 Å². The van der Waals surface area contributed by atoms with Crippen LogP contribution in [0.1, 0.15) is 6.42 Å². The molecule has 14 heavy (non-hydrogen) atoms. The Labute approximate surface area is 89.2 Å². The van der Waals surface area contributed by atoms with Gasteiger partial charge >= 0.3 is 0 Å². The average Bonchev–Trinajstić information content (AvgIpc) is 3.02. The standard InChI is InChI=1S/C12H14OS/c1-2-11(8-10-9-13-10)14-12-6-4-3-5-7-12/h2-7,10-11H,1,8-9H2. The highest BCUT2D eigenvalue weighted by Gasteiger charge is 2.25. The fourth-order valence-corrected chi connectivity index (χ4v) is 2.40. The Morgan fingerprint density at radius 3 is 2.79 bits per heavy atom. The quantitative estimate of drug-likeness (QED) is 0.417. The predicted octanol–water partition coefficient (Wildman–Crippen LogP) is 3.12. The largest absolute Gasteiger partial charge is 0.373 e. The third kappa shape index (κ3) is 2.89. The molecule has 2 rings (SSSR count). The van der Waals surface area contributed by atoms with Gasteiger partial charge in [0, 0.05) is 10.1 Å². The summed E-state index contributed by atoms with van der Waals surface area (Å²) in [7, 11) is 0. The summed E-state index contributed by atoms with van der Waals surface area (Å²) < 4.78 is 5.22. The molecule has 74 valence electrons. The topological polar surface area (TPSA) is 12.5 Å². The molecule has 0 aromatic heterocycles. The fourth-order valence-electron chi connectivity index (χ4n) is 1.33. The van der Waals surface area contributed by atoms with Crippen LogP contribution in [0, 0.1) is 0 Å². The van der Waals surface area contributed by atoms with Gasteiger partial charge in [-0.1, -0.05) is 24.3 Å². The van der Waals surface area contributed by atoms with Crippen molar-refractivity contribution < 1.29 is 4.74 Å². The SMILES string of the molecule is C=CC(CC1CO1)Sc1ccccc1. The molecule has 0 N–H and O–H groups in total. The Morgan fingerprint density at radius 2 is 2.21 bits per heavy atom. The molecule has 0 saturated carbocycles. The van der Waals surface area contributed by atoms with Gasteiger partial charge in [-0.25, -0.2) is 0 Å². The van der Waals surface area contributed by atoms with Crippen molar-refractivity contribution in [1.29, 1.82) is 0 Å². The maximum Gasteiger partial charge on any atom is 0.0823 e. The zero-order valence-corrected chi connectivity index (χ0v) is 8.87. The van der Waals surface area contributed by atoms with Gasteiger partial charge in [0.05, 0.1) is 12.7 Å². The van der Waals surface area contributed by atoms with E-state index in [4.69, 9.17) is 4.74 Å². The van der Waals surface area contributed by atoms with Crippen LogP contribution in [0.15, 0.2) is 47.9 Å². The average molecular weight is 206 g/mol. The summed E-state index contributed by atoms with van der Waals surface area (Å²) in [5, 5.41) is 0.477. The van der Waals surface area contributed by atoms with Crippen LogP contribution >= 0.6 is 11.8 Å². The molecule has 1 nitrogen and oxygen atoms in total. The van der Waals surface area contributed by atoms with Crippen molar-refractivity contribution in [3.63, 3.8) is 0 Å². The van der Waals surface area contributed by atoms with E-state index in [0.717, 1.165) is 13.0 Å². The van der Waals surface area contributed by atoms with Gasteiger partial charge in [0.25, 0.3) is 0 Å². The van der Waals surface area contributed by atoms with Crippen LogP contribution < -0.4 is 0 Å². The van der Waals surface area contributed by atoms with Crippen molar-refractivity contribution in [3.8, 4) is 0 Å². The van der Waals surface area contributed by atoms with Gasteiger partial charge in [-0.2, -0.15) is 0 Å². The lowest BCUT2D eigenvalue weighted by Gasteiger charge is -2.09. The number of rotatable bonds is 5. The molecular weight excluding hydrogens is 192 g/mol. The lowest BCUT2D eigenvalue weighted by molar-refractivity contribution is 0.399. The molecule has 2 atom stereocenters. The summed E-state index contributed by atoms with van der Waals surface area (Å²) in [5.41, 5.74) is 0. The summed E-state index contributed by atoms with van der Waals surface area (Å²) in [6.45, 7) is 4.79. The molecule has 0 spiro atoms.